The lowest BCUT2D eigenvalue weighted by Gasteiger charge is -2.18. The molecule has 0 spiro atoms. The van der Waals surface area contributed by atoms with Crippen LogP contribution in [-0.4, -0.2) is 38.5 Å². The number of imidazole rings is 1. The van der Waals surface area contributed by atoms with Crippen LogP contribution in [0, 0.1) is 0 Å². The summed E-state index contributed by atoms with van der Waals surface area (Å²) < 4.78 is 2.12. The van der Waals surface area contributed by atoms with Crippen molar-refractivity contribution in [2.24, 2.45) is 7.05 Å². The van der Waals surface area contributed by atoms with Crippen molar-refractivity contribution in [2.75, 3.05) is 17.8 Å². The largest absolute Gasteiger partial charge is 0.346 e. The van der Waals surface area contributed by atoms with Crippen LogP contribution in [0.25, 0.3) is 11.0 Å². The molecule has 1 aliphatic rings. The summed E-state index contributed by atoms with van der Waals surface area (Å²) in [6.45, 7) is 0. The molecule has 0 aliphatic carbocycles. The Morgan fingerprint density at radius 3 is 3.00 bits per heavy atom. The van der Waals surface area contributed by atoms with Crippen molar-refractivity contribution in [1.29, 1.82) is 0 Å². The van der Waals surface area contributed by atoms with Crippen molar-refractivity contribution in [3.05, 3.63) is 30.1 Å². The van der Waals surface area contributed by atoms with Crippen LogP contribution in [-0.2, 0) is 11.8 Å². The zero-order chi connectivity index (χ0) is 19.1. The van der Waals surface area contributed by atoms with Crippen LogP contribution in [0.2, 0.25) is 0 Å². The second-order valence-corrected chi connectivity index (χ2v) is 10.8. The number of nitrogens with one attached hydrogen (secondary N) is 1. The molecule has 0 saturated carbocycles. The molecule has 0 radical (unpaired) electrons. The van der Waals surface area contributed by atoms with Gasteiger partial charge in [-0.25, -0.2) is 4.98 Å². The first-order valence-corrected chi connectivity index (χ1v) is 13.4. The number of hydrogen-bond acceptors (Lipinski definition) is 5. The number of aromatic nitrogens is 2. The van der Waals surface area contributed by atoms with Gasteiger partial charge in [-0.3, -0.25) is 4.79 Å². The van der Waals surface area contributed by atoms with Crippen LogP contribution >= 0.6 is 33.3 Å². The van der Waals surface area contributed by atoms with Crippen molar-refractivity contribution in [3.8, 4) is 0 Å². The van der Waals surface area contributed by atoms with E-state index in [0.29, 0.717) is 6.42 Å². The number of rotatable bonds is 10. The van der Waals surface area contributed by atoms with E-state index in [9.17, 15) is 4.79 Å². The molecule has 3 rings (SSSR count). The summed E-state index contributed by atoms with van der Waals surface area (Å²) in [7, 11) is 6.06. The lowest BCUT2D eigenvalue weighted by Crippen LogP contribution is -2.30. The minimum Gasteiger partial charge on any atom is -0.346 e. The monoisotopic (exact) mass is 423 g/mol. The number of nitrogens with zero attached hydrogens (tertiary/aromatic N) is 2. The highest BCUT2D eigenvalue weighted by Gasteiger charge is 2.21. The van der Waals surface area contributed by atoms with Gasteiger partial charge in [0.15, 0.2) is 0 Å². The zero-order valence-corrected chi connectivity index (χ0v) is 18.6. The summed E-state index contributed by atoms with van der Waals surface area (Å²) >= 11 is 1.81. The zero-order valence-electron chi connectivity index (χ0n) is 16.1. The number of aryl methyl sites for hydroxylation is 1. The van der Waals surface area contributed by atoms with Crippen LogP contribution in [0.15, 0.2) is 24.3 Å². The summed E-state index contributed by atoms with van der Waals surface area (Å²) in [6, 6.07) is 8.13. The Bertz CT molecular complexity index is 743. The highest BCUT2D eigenvalue weighted by Crippen LogP contribution is 2.39. The summed E-state index contributed by atoms with van der Waals surface area (Å²) in [5, 5.41) is 4.05. The van der Waals surface area contributed by atoms with Gasteiger partial charge < -0.3 is 9.88 Å². The minimum absolute atomic E-state index is 0.0239. The number of amides is 1. The summed E-state index contributed by atoms with van der Waals surface area (Å²) in [6.07, 6.45) is 8.31. The second kappa shape index (κ2) is 10.7. The molecule has 2 aromatic rings. The van der Waals surface area contributed by atoms with Crippen LogP contribution in [0.1, 0.15) is 50.4 Å². The van der Waals surface area contributed by atoms with Crippen molar-refractivity contribution in [2.45, 2.75) is 49.8 Å². The van der Waals surface area contributed by atoms with E-state index < -0.39 is 0 Å². The maximum absolute atomic E-state index is 12.5. The molecule has 1 fully saturated rings. The van der Waals surface area contributed by atoms with Crippen LogP contribution in [0.5, 0.6) is 0 Å². The Morgan fingerprint density at radius 2 is 2.26 bits per heavy atom. The third-order valence-corrected chi connectivity index (χ3v) is 8.64. The molecule has 4 nitrogen and oxygen atoms in total. The number of benzene rings is 1. The molecule has 27 heavy (non-hydrogen) atoms. The summed E-state index contributed by atoms with van der Waals surface area (Å²) in [5.74, 6) is 3.40. The molecular weight excluding hydrogens is 394 g/mol. The fraction of sp³-hybridized carbons (Fsp3) is 0.600. The van der Waals surface area contributed by atoms with Gasteiger partial charge in [0.05, 0.1) is 17.1 Å². The standard InChI is InChI=1S/C20H29N3OS3/c1-23-18-9-5-4-8-16(18)22-20(23)17(12-13-25-2)21-19(24)10-6-3-7-15-11-14-26-27-15/h4-5,8-9,15,17H,3,6-7,10-14H2,1-2H3,(H,21,24). The molecule has 2 atom stereocenters. The molecule has 148 valence electrons. The van der Waals surface area contributed by atoms with Gasteiger partial charge in [-0.1, -0.05) is 40.1 Å². The molecule has 1 aromatic heterocycles. The van der Waals surface area contributed by atoms with Crippen molar-refractivity contribution in [3.63, 3.8) is 0 Å². The SMILES string of the molecule is CSCCC(NC(=O)CCCCC1CCSS1)c1nc2ccccc2n1C. The van der Waals surface area contributed by atoms with Crippen LogP contribution in [0.3, 0.4) is 0 Å². The number of hydrogen-bond donors (Lipinski definition) is 1. The predicted octanol–water partition coefficient (Wildman–Crippen LogP) is 5.20. The number of para-hydroxylation sites is 2. The van der Waals surface area contributed by atoms with E-state index in [4.69, 9.17) is 4.98 Å². The normalized spacial score (nSPS) is 18.1. The quantitative estimate of drug-likeness (QED) is 0.420. The van der Waals surface area contributed by atoms with E-state index >= 15 is 0 Å². The maximum atomic E-state index is 12.5. The summed E-state index contributed by atoms with van der Waals surface area (Å²) in [5.41, 5.74) is 2.10. The van der Waals surface area contributed by atoms with Gasteiger partial charge in [-0.2, -0.15) is 11.8 Å². The van der Waals surface area contributed by atoms with Gasteiger partial charge in [0.1, 0.15) is 5.82 Å². The Labute approximate surface area is 174 Å². The van der Waals surface area contributed by atoms with Gasteiger partial charge >= 0.3 is 0 Å². The van der Waals surface area contributed by atoms with Crippen molar-refractivity contribution < 1.29 is 4.79 Å². The molecule has 1 aromatic carbocycles. The van der Waals surface area contributed by atoms with Gasteiger partial charge in [0.25, 0.3) is 0 Å². The molecular formula is C20H29N3OS3. The summed E-state index contributed by atoms with van der Waals surface area (Å²) in [4.78, 5) is 17.3. The fourth-order valence-electron chi connectivity index (χ4n) is 3.47. The number of carbonyl (C=O) groups excluding carboxylic acids is 1. The average Bonchev–Trinajstić information content (AvgIpc) is 3.31. The third-order valence-electron chi connectivity index (χ3n) is 4.99. The van der Waals surface area contributed by atoms with Crippen molar-refractivity contribution in [1.82, 2.24) is 14.9 Å². The highest BCUT2D eigenvalue weighted by atomic mass is 33.1. The molecule has 1 saturated heterocycles. The van der Waals surface area contributed by atoms with Crippen LogP contribution in [0.4, 0.5) is 0 Å². The topological polar surface area (TPSA) is 46.9 Å². The second-order valence-electron chi connectivity index (χ2n) is 6.99. The minimum atomic E-state index is -0.0239. The first kappa shape index (κ1) is 20.9. The number of thioether (sulfide) groups is 1. The average molecular weight is 424 g/mol. The molecule has 1 aliphatic heterocycles. The Kier molecular flexibility index (Phi) is 8.27. The Hall–Kier alpha value is -0.790. The number of carbonyl (C=O) groups is 1. The first-order chi connectivity index (χ1) is 13.2. The van der Waals surface area contributed by atoms with E-state index in [1.165, 1.54) is 18.6 Å². The Balaban J connectivity index is 1.56. The van der Waals surface area contributed by atoms with Crippen LogP contribution < -0.4 is 5.32 Å². The lowest BCUT2D eigenvalue weighted by atomic mass is 10.1. The maximum Gasteiger partial charge on any atom is 0.220 e. The molecule has 2 unspecified atom stereocenters. The van der Waals surface area contributed by atoms with E-state index in [2.05, 4.69) is 22.2 Å². The van der Waals surface area contributed by atoms with Gasteiger partial charge in [0, 0.05) is 24.5 Å². The van der Waals surface area contributed by atoms with E-state index in [1.807, 2.05) is 58.6 Å². The fourth-order valence-corrected chi connectivity index (χ4v) is 6.96. The van der Waals surface area contributed by atoms with Gasteiger partial charge in [-0.15, -0.1) is 0 Å². The van der Waals surface area contributed by atoms with E-state index in [1.54, 1.807) is 0 Å². The molecule has 1 N–H and O–H groups in total. The van der Waals surface area contributed by atoms with Gasteiger partial charge in [-0.05, 0) is 49.8 Å². The molecule has 7 heteroatoms. The number of fused-ring (bicyclic) bond motifs is 1. The smallest absolute Gasteiger partial charge is 0.220 e. The molecule has 0 bridgehead atoms. The third kappa shape index (κ3) is 5.84. The highest BCUT2D eigenvalue weighted by molar-refractivity contribution is 8.77. The molecule has 1 amide bonds. The van der Waals surface area contributed by atoms with Crippen molar-refractivity contribution >= 4 is 50.3 Å². The van der Waals surface area contributed by atoms with E-state index in [-0.39, 0.29) is 11.9 Å². The lowest BCUT2D eigenvalue weighted by molar-refractivity contribution is -0.122. The first-order valence-electron chi connectivity index (χ1n) is 9.67. The predicted molar refractivity (Wildman–Crippen MR) is 122 cm³/mol. The Morgan fingerprint density at radius 1 is 1.41 bits per heavy atom. The van der Waals surface area contributed by atoms with Gasteiger partial charge in [0.2, 0.25) is 5.91 Å². The van der Waals surface area contributed by atoms with E-state index in [0.717, 1.165) is 47.1 Å². The molecule has 2 heterocycles. The number of unbranched alkanes of at least 4 members (excludes halogenated alkanes) is 1.